The zero-order chi connectivity index (χ0) is 28.0. The lowest BCUT2D eigenvalue weighted by molar-refractivity contribution is -0.440. The average Bonchev–Trinajstić information content (AvgIpc) is 2.69. The van der Waals surface area contributed by atoms with E-state index < -0.39 is 64.2 Å². The molecule has 0 radical (unpaired) electrons. The van der Waals surface area contributed by atoms with Crippen LogP contribution in [0.4, 0.5) is 57.1 Å². The van der Waals surface area contributed by atoms with E-state index in [0.29, 0.717) is 0 Å². The number of ether oxygens (including phenoxy) is 1. The molecule has 0 aliphatic rings. The molecule has 0 saturated carbocycles. The average molecular weight is 568 g/mol. The highest BCUT2D eigenvalue weighted by Gasteiger charge is 2.90. The summed E-state index contributed by atoms with van der Waals surface area (Å²) in [6.07, 6.45) is -9.86. The van der Waals surface area contributed by atoms with Gasteiger partial charge >= 0.3 is 44.6 Å². The molecule has 0 atom stereocenters. The molecule has 0 bridgehead atoms. The van der Waals surface area contributed by atoms with Gasteiger partial charge in [-0.25, -0.2) is 0 Å². The molecule has 0 aromatic carbocycles. The van der Waals surface area contributed by atoms with Gasteiger partial charge in [-0.05, 0) is 27.2 Å². The lowest BCUT2D eigenvalue weighted by Gasteiger charge is -2.39. The zero-order valence-corrected chi connectivity index (χ0v) is 19.7. The van der Waals surface area contributed by atoms with Crippen LogP contribution in [0.15, 0.2) is 0 Å². The number of halogens is 13. The Hall–Kier alpha value is -0.853. The van der Waals surface area contributed by atoms with Crippen molar-refractivity contribution in [2.24, 2.45) is 0 Å². The van der Waals surface area contributed by atoms with Crippen LogP contribution in [0.25, 0.3) is 0 Å². The van der Waals surface area contributed by atoms with Gasteiger partial charge in [0.15, 0.2) is 0 Å². The van der Waals surface area contributed by atoms with E-state index in [9.17, 15) is 57.1 Å². The minimum atomic E-state index is -7.90. The largest absolute Gasteiger partial charge is 0.501 e. The van der Waals surface area contributed by atoms with Gasteiger partial charge < -0.3 is 18.0 Å². The molecule has 0 N–H and O–H groups in total. The summed E-state index contributed by atoms with van der Waals surface area (Å²) in [4.78, 5) is 0. The van der Waals surface area contributed by atoms with Gasteiger partial charge in [0.25, 0.3) is 0 Å². The molecule has 4 nitrogen and oxygen atoms in total. The molecule has 0 saturated heterocycles. The Morgan fingerprint density at radius 2 is 0.943 bits per heavy atom. The highest BCUT2D eigenvalue weighted by atomic mass is 28.4. The second-order valence-electron chi connectivity index (χ2n) is 6.95. The Labute approximate surface area is 193 Å². The first-order valence-corrected chi connectivity index (χ1v) is 12.0. The second kappa shape index (κ2) is 12.1. The van der Waals surface area contributed by atoms with Crippen LogP contribution in [0.2, 0.25) is 6.04 Å². The molecule has 0 heterocycles. The maximum Gasteiger partial charge on any atom is 0.501 e. The molecular weight excluding hydrogens is 543 g/mol. The van der Waals surface area contributed by atoms with Crippen molar-refractivity contribution in [1.29, 1.82) is 0 Å². The third-order valence-corrected chi connectivity index (χ3v) is 7.57. The Bertz CT molecular complexity index is 627. The van der Waals surface area contributed by atoms with Crippen LogP contribution in [0.3, 0.4) is 0 Å². The topological polar surface area (TPSA) is 36.9 Å². The third-order valence-electron chi connectivity index (χ3n) is 4.42. The van der Waals surface area contributed by atoms with Gasteiger partial charge in [-0.2, -0.15) is 57.1 Å². The fraction of sp³-hybridized carbons (Fsp3) is 1.00. The van der Waals surface area contributed by atoms with Gasteiger partial charge in [-0.1, -0.05) is 0 Å². The first kappa shape index (κ1) is 34.1. The first-order chi connectivity index (χ1) is 15.6. The van der Waals surface area contributed by atoms with E-state index in [2.05, 4.69) is 4.74 Å². The van der Waals surface area contributed by atoms with Gasteiger partial charge in [0, 0.05) is 38.9 Å². The SMILES string of the molecule is CCO[Si](CCCOCCC(F)(F)C(F)(F)C(F)(F)C(F)(F)C(F)(F)C(F)(F)F)(OCC)OCC. The van der Waals surface area contributed by atoms with Crippen molar-refractivity contribution in [2.75, 3.05) is 33.0 Å². The number of hydrogen-bond donors (Lipinski definition) is 0. The van der Waals surface area contributed by atoms with Gasteiger partial charge in [-0.3, -0.25) is 0 Å². The van der Waals surface area contributed by atoms with Crippen molar-refractivity contribution in [1.82, 2.24) is 0 Å². The summed E-state index contributed by atoms with van der Waals surface area (Å²) >= 11 is 0. The van der Waals surface area contributed by atoms with Crippen molar-refractivity contribution in [3.63, 3.8) is 0 Å². The summed E-state index contributed by atoms with van der Waals surface area (Å²) in [6, 6.07) is 0.0614. The second-order valence-corrected chi connectivity index (χ2v) is 9.68. The molecule has 0 aliphatic carbocycles. The van der Waals surface area contributed by atoms with Crippen LogP contribution in [-0.4, -0.2) is 77.6 Å². The van der Waals surface area contributed by atoms with Crippen molar-refractivity contribution < 1.29 is 75.1 Å². The molecule has 18 heteroatoms. The summed E-state index contributed by atoms with van der Waals surface area (Å²) in [5, 5.41) is 0. The van der Waals surface area contributed by atoms with Crippen molar-refractivity contribution in [3.8, 4) is 0 Å². The van der Waals surface area contributed by atoms with Gasteiger partial charge in [0.2, 0.25) is 0 Å². The van der Waals surface area contributed by atoms with E-state index in [1.54, 1.807) is 20.8 Å². The van der Waals surface area contributed by atoms with E-state index in [0.717, 1.165) is 0 Å². The Morgan fingerprint density at radius 3 is 1.31 bits per heavy atom. The van der Waals surface area contributed by atoms with Crippen LogP contribution >= 0.6 is 0 Å². The van der Waals surface area contributed by atoms with Gasteiger partial charge in [-0.15, -0.1) is 0 Å². The highest BCUT2D eigenvalue weighted by molar-refractivity contribution is 6.60. The number of alkyl halides is 13. The maximum absolute atomic E-state index is 13.7. The van der Waals surface area contributed by atoms with Crippen molar-refractivity contribution in [3.05, 3.63) is 0 Å². The molecule has 0 rings (SSSR count). The van der Waals surface area contributed by atoms with E-state index in [-0.39, 0.29) is 32.3 Å². The molecule has 212 valence electrons. The lowest BCUT2D eigenvalue weighted by Crippen LogP contribution is -2.70. The van der Waals surface area contributed by atoms with E-state index in [1.807, 2.05) is 0 Å². The molecule has 0 amide bonds. The minimum Gasteiger partial charge on any atom is -0.381 e. The highest BCUT2D eigenvalue weighted by Crippen LogP contribution is 2.60. The fourth-order valence-corrected chi connectivity index (χ4v) is 5.23. The van der Waals surface area contributed by atoms with Crippen LogP contribution in [-0.2, 0) is 18.0 Å². The normalized spacial score (nSPS) is 15.1. The summed E-state index contributed by atoms with van der Waals surface area (Å²) in [5.74, 6) is -36.9. The maximum atomic E-state index is 13.7. The van der Waals surface area contributed by atoms with Gasteiger partial charge in [0.05, 0.1) is 6.61 Å². The predicted octanol–water partition coefficient (Wildman–Crippen LogP) is 6.57. The van der Waals surface area contributed by atoms with Crippen LogP contribution in [0, 0.1) is 0 Å². The summed E-state index contributed by atoms with van der Waals surface area (Å²) < 4.78 is 191. The minimum absolute atomic E-state index is 0.0276. The third kappa shape index (κ3) is 7.13. The van der Waals surface area contributed by atoms with Crippen LogP contribution < -0.4 is 0 Å². The number of rotatable bonds is 17. The molecule has 0 aliphatic heterocycles. The summed E-state index contributed by atoms with van der Waals surface area (Å²) in [7, 11) is -3.20. The molecule has 0 aromatic rings. The van der Waals surface area contributed by atoms with E-state index in [4.69, 9.17) is 13.3 Å². The summed E-state index contributed by atoms with van der Waals surface area (Å²) in [6.45, 7) is 3.50. The fourth-order valence-electron chi connectivity index (χ4n) is 2.65. The van der Waals surface area contributed by atoms with E-state index in [1.165, 1.54) is 0 Å². The summed E-state index contributed by atoms with van der Waals surface area (Å²) in [5.41, 5.74) is 0. The molecule has 0 spiro atoms. The molecule has 0 aromatic heterocycles. The molecule has 0 fully saturated rings. The van der Waals surface area contributed by atoms with Crippen molar-refractivity contribution in [2.45, 2.75) is 75.4 Å². The quantitative estimate of drug-likeness (QED) is 0.113. The zero-order valence-electron chi connectivity index (χ0n) is 18.7. The van der Waals surface area contributed by atoms with Crippen LogP contribution in [0.1, 0.15) is 33.6 Å². The Morgan fingerprint density at radius 1 is 0.543 bits per heavy atom. The Balaban J connectivity index is 5.25. The molecule has 35 heavy (non-hydrogen) atoms. The monoisotopic (exact) mass is 568 g/mol. The standard InChI is InChI=1S/C17H25F13O4Si/c1-4-32-35(33-5-2,34-6-3)11-7-9-31-10-8-12(18,19)13(20,21)14(22,23)15(24,25)16(26,27)17(28,29)30/h4-11H2,1-3H3. The predicted molar refractivity (Wildman–Crippen MR) is 96.3 cm³/mol. The molecular formula is C17H25F13O4Si. The first-order valence-electron chi connectivity index (χ1n) is 10.1. The lowest BCUT2D eigenvalue weighted by atomic mass is 9.93. The van der Waals surface area contributed by atoms with E-state index >= 15 is 0 Å². The van der Waals surface area contributed by atoms with Gasteiger partial charge in [0.1, 0.15) is 0 Å². The smallest absolute Gasteiger partial charge is 0.381 e. The van der Waals surface area contributed by atoms with Crippen LogP contribution in [0.5, 0.6) is 0 Å². The number of hydrogen-bond acceptors (Lipinski definition) is 4. The Kier molecular flexibility index (Phi) is 11.8. The molecule has 0 unspecified atom stereocenters. The van der Waals surface area contributed by atoms with Crippen molar-refractivity contribution >= 4 is 8.80 Å².